The van der Waals surface area contributed by atoms with Gasteiger partial charge in [-0.05, 0) is 36.5 Å². The number of hydrogen-bond acceptors (Lipinski definition) is 0. The summed E-state index contributed by atoms with van der Waals surface area (Å²) in [4.78, 5) is 0. The van der Waals surface area contributed by atoms with Crippen LogP contribution in [0.15, 0.2) is 0 Å². The first kappa shape index (κ1) is 8.59. The third kappa shape index (κ3) is 1.41. The van der Waals surface area contributed by atoms with E-state index in [1.807, 2.05) is 0 Å². The largest absolute Gasteiger partial charge is 0.0622 e. The molecule has 0 radical (unpaired) electrons. The molecule has 0 aromatic heterocycles. The summed E-state index contributed by atoms with van der Waals surface area (Å²) < 4.78 is 0. The zero-order valence-corrected chi connectivity index (χ0v) is 8.55. The molecule has 4 atom stereocenters. The van der Waals surface area contributed by atoms with Gasteiger partial charge in [0, 0.05) is 0 Å². The van der Waals surface area contributed by atoms with Crippen molar-refractivity contribution in [3.8, 4) is 0 Å². The Kier molecular flexibility index (Phi) is 2.43. The molecule has 0 aromatic rings. The highest BCUT2D eigenvalue weighted by Crippen LogP contribution is 2.45. The quantitative estimate of drug-likeness (QED) is 0.512. The van der Waals surface area contributed by atoms with Crippen LogP contribution in [0.1, 0.15) is 52.4 Å². The average Bonchev–Trinajstić information content (AvgIpc) is 2.12. The lowest BCUT2D eigenvalue weighted by atomic mass is 9.63. The second-order valence-corrected chi connectivity index (χ2v) is 5.12. The molecule has 0 spiro atoms. The van der Waals surface area contributed by atoms with Gasteiger partial charge in [0.2, 0.25) is 0 Å². The minimum absolute atomic E-state index is 1.00. The van der Waals surface area contributed by atoms with Gasteiger partial charge in [0.1, 0.15) is 0 Å². The Morgan fingerprint density at radius 1 is 0.833 bits per heavy atom. The Morgan fingerprint density at radius 3 is 2.42 bits per heavy atom. The Balaban J connectivity index is 2.03. The summed E-state index contributed by atoms with van der Waals surface area (Å²) in [5, 5.41) is 0. The molecule has 0 N–H and O–H groups in total. The second kappa shape index (κ2) is 3.40. The predicted octanol–water partition coefficient (Wildman–Crippen LogP) is 3.86. The van der Waals surface area contributed by atoms with Gasteiger partial charge < -0.3 is 0 Å². The van der Waals surface area contributed by atoms with Gasteiger partial charge in [-0.1, -0.05) is 39.5 Å². The average molecular weight is 166 g/mol. The summed E-state index contributed by atoms with van der Waals surface area (Å²) in [6.45, 7) is 4.95. The van der Waals surface area contributed by atoms with Crippen LogP contribution in [0.5, 0.6) is 0 Å². The van der Waals surface area contributed by atoms with Gasteiger partial charge in [0.15, 0.2) is 0 Å². The fraction of sp³-hybridized carbons (Fsp3) is 1.00. The van der Waals surface area contributed by atoms with Crippen molar-refractivity contribution in [1.82, 2.24) is 0 Å². The van der Waals surface area contributed by atoms with E-state index in [1.165, 1.54) is 32.1 Å². The summed E-state index contributed by atoms with van der Waals surface area (Å²) in [5.74, 6) is 4.24. The highest BCUT2D eigenvalue weighted by Gasteiger charge is 2.35. The van der Waals surface area contributed by atoms with Gasteiger partial charge in [-0.2, -0.15) is 0 Å². The Labute approximate surface area is 76.7 Å². The predicted molar refractivity (Wildman–Crippen MR) is 53.0 cm³/mol. The molecule has 0 nitrogen and oxygen atoms in total. The van der Waals surface area contributed by atoms with Crippen molar-refractivity contribution in [3.05, 3.63) is 0 Å². The highest BCUT2D eigenvalue weighted by atomic mass is 14.4. The van der Waals surface area contributed by atoms with Crippen molar-refractivity contribution >= 4 is 0 Å². The zero-order valence-electron chi connectivity index (χ0n) is 8.55. The van der Waals surface area contributed by atoms with Crippen LogP contribution in [0.2, 0.25) is 0 Å². The van der Waals surface area contributed by atoms with Crippen LogP contribution >= 0.6 is 0 Å². The van der Waals surface area contributed by atoms with Crippen molar-refractivity contribution in [2.75, 3.05) is 0 Å². The summed E-state index contributed by atoms with van der Waals surface area (Å²) in [6, 6.07) is 0. The van der Waals surface area contributed by atoms with E-state index in [2.05, 4.69) is 13.8 Å². The van der Waals surface area contributed by atoms with Crippen LogP contribution in [-0.4, -0.2) is 0 Å². The number of rotatable bonds is 0. The maximum atomic E-state index is 2.49. The lowest BCUT2D eigenvalue weighted by Gasteiger charge is -2.43. The van der Waals surface area contributed by atoms with E-state index in [0.717, 1.165) is 23.7 Å². The molecule has 0 heterocycles. The molecule has 2 aliphatic carbocycles. The van der Waals surface area contributed by atoms with Gasteiger partial charge in [-0.3, -0.25) is 0 Å². The van der Waals surface area contributed by atoms with E-state index >= 15 is 0 Å². The van der Waals surface area contributed by atoms with E-state index in [9.17, 15) is 0 Å². The van der Waals surface area contributed by atoms with Gasteiger partial charge in [-0.15, -0.1) is 0 Å². The first-order chi connectivity index (χ1) is 5.79. The molecule has 0 bridgehead atoms. The van der Waals surface area contributed by atoms with E-state index in [4.69, 9.17) is 0 Å². The van der Waals surface area contributed by atoms with Crippen LogP contribution in [0, 0.1) is 23.7 Å². The zero-order chi connectivity index (χ0) is 8.55. The SMILES string of the molecule is C[C@@H]1[C@@H]2CCCC[C@@H]2CC[C@H]1C. The van der Waals surface area contributed by atoms with Crippen LogP contribution < -0.4 is 0 Å². The molecule has 2 rings (SSSR count). The Bertz CT molecular complexity index is 148. The van der Waals surface area contributed by atoms with E-state index in [1.54, 1.807) is 6.42 Å². The minimum Gasteiger partial charge on any atom is -0.0622 e. The van der Waals surface area contributed by atoms with Crippen molar-refractivity contribution in [2.45, 2.75) is 52.4 Å². The fourth-order valence-corrected chi connectivity index (χ4v) is 3.45. The summed E-state index contributed by atoms with van der Waals surface area (Å²) in [7, 11) is 0. The first-order valence-corrected chi connectivity index (χ1v) is 5.79. The topological polar surface area (TPSA) is 0 Å². The van der Waals surface area contributed by atoms with Crippen molar-refractivity contribution in [2.24, 2.45) is 23.7 Å². The van der Waals surface area contributed by atoms with Crippen LogP contribution in [0.25, 0.3) is 0 Å². The normalized spacial score (nSPS) is 48.5. The van der Waals surface area contributed by atoms with Gasteiger partial charge in [0.25, 0.3) is 0 Å². The monoisotopic (exact) mass is 166 g/mol. The van der Waals surface area contributed by atoms with E-state index in [0.29, 0.717) is 0 Å². The Hall–Kier alpha value is 0. The molecular formula is C12H22. The maximum absolute atomic E-state index is 2.49. The van der Waals surface area contributed by atoms with Crippen LogP contribution in [0.4, 0.5) is 0 Å². The number of fused-ring (bicyclic) bond motifs is 1. The Morgan fingerprint density at radius 2 is 1.58 bits per heavy atom. The molecular weight excluding hydrogens is 144 g/mol. The lowest BCUT2D eigenvalue weighted by molar-refractivity contribution is 0.0734. The standard InChI is InChI=1S/C12H22/c1-9-7-8-11-5-3-4-6-12(11)10(9)2/h9-12H,3-8H2,1-2H3/t9-,10+,11-,12+/m1/s1. The van der Waals surface area contributed by atoms with E-state index in [-0.39, 0.29) is 0 Å². The van der Waals surface area contributed by atoms with Gasteiger partial charge >= 0.3 is 0 Å². The molecule has 2 aliphatic rings. The molecule has 2 fully saturated rings. The molecule has 12 heavy (non-hydrogen) atoms. The molecule has 0 aromatic carbocycles. The summed E-state index contributed by atoms with van der Waals surface area (Å²) in [5.41, 5.74) is 0. The van der Waals surface area contributed by atoms with Crippen LogP contribution in [0.3, 0.4) is 0 Å². The molecule has 2 saturated carbocycles. The van der Waals surface area contributed by atoms with Crippen LogP contribution in [-0.2, 0) is 0 Å². The third-order valence-corrected chi connectivity index (χ3v) is 4.53. The molecule has 0 heteroatoms. The molecule has 0 aliphatic heterocycles. The molecule has 0 amide bonds. The lowest BCUT2D eigenvalue weighted by Crippen LogP contribution is -2.33. The second-order valence-electron chi connectivity index (χ2n) is 5.12. The summed E-state index contributed by atoms with van der Waals surface area (Å²) >= 11 is 0. The maximum Gasteiger partial charge on any atom is -0.0358 e. The number of hydrogen-bond donors (Lipinski definition) is 0. The summed E-state index contributed by atoms with van der Waals surface area (Å²) in [6.07, 6.45) is 9.15. The minimum atomic E-state index is 1.00. The smallest absolute Gasteiger partial charge is 0.0358 e. The highest BCUT2D eigenvalue weighted by molar-refractivity contribution is 4.85. The molecule has 0 unspecified atom stereocenters. The van der Waals surface area contributed by atoms with E-state index < -0.39 is 0 Å². The van der Waals surface area contributed by atoms with Gasteiger partial charge in [-0.25, -0.2) is 0 Å². The molecule has 0 saturated heterocycles. The van der Waals surface area contributed by atoms with Crippen molar-refractivity contribution in [3.63, 3.8) is 0 Å². The molecule has 70 valence electrons. The third-order valence-electron chi connectivity index (χ3n) is 4.53. The fourth-order valence-electron chi connectivity index (χ4n) is 3.45. The first-order valence-electron chi connectivity index (χ1n) is 5.79. The van der Waals surface area contributed by atoms with Gasteiger partial charge in [0.05, 0.1) is 0 Å². The van der Waals surface area contributed by atoms with Crippen molar-refractivity contribution < 1.29 is 0 Å². The van der Waals surface area contributed by atoms with Crippen molar-refractivity contribution in [1.29, 1.82) is 0 Å².